The Morgan fingerprint density at radius 3 is 2.70 bits per heavy atom. The lowest BCUT2D eigenvalue weighted by Gasteiger charge is -2.09. The average Bonchev–Trinajstić information content (AvgIpc) is 2.98. The van der Waals surface area contributed by atoms with E-state index in [1.165, 1.54) is 13.2 Å². The van der Waals surface area contributed by atoms with E-state index in [1.807, 2.05) is 13.8 Å². The van der Waals surface area contributed by atoms with Gasteiger partial charge in [0.1, 0.15) is 6.04 Å². The Hall–Kier alpha value is -2.71. The molecule has 0 aliphatic rings. The Morgan fingerprint density at radius 1 is 1.39 bits per heavy atom. The zero-order valence-corrected chi connectivity index (χ0v) is 13.4. The van der Waals surface area contributed by atoms with Crippen molar-refractivity contribution in [3.05, 3.63) is 44.3 Å². The molecule has 0 saturated carbocycles. The highest BCUT2D eigenvalue weighted by atomic mass is 16.5. The summed E-state index contributed by atoms with van der Waals surface area (Å²) < 4.78 is 6.02. The molecule has 9 nitrogen and oxygen atoms in total. The van der Waals surface area contributed by atoms with Crippen LogP contribution in [0.5, 0.6) is 0 Å². The quantitative estimate of drug-likeness (QED) is 0.799. The van der Waals surface area contributed by atoms with Crippen molar-refractivity contribution in [3.63, 3.8) is 0 Å². The van der Waals surface area contributed by atoms with Crippen LogP contribution in [0.2, 0.25) is 0 Å². The van der Waals surface area contributed by atoms with Gasteiger partial charge in [0.25, 0.3) is 5.56 Å². The standard InChI is InChI=1S/C14H19N5O4/c1-7(2)11-17-12(23-18-11)8(3)16-10(20)5-9-6-15-14(22)19(4)13(9)21/h6-8H,5H2,1-4H3,(H,15,22)(H,16,20)/t8-/m0/s1. The number of nitrogens with zero attached hydrogens (tertiary/aromatic N) is 3. The molecule has 2 N–H and O–H groups in total. The molecular formula is C14H19N5O4. The number of hydrogen-bond donors (Lipinski definition) is 2. The highest BCUT2D eigenvalue weighted by Crippen LogP contribution is 2.14. The fraction of sp³-hybridized carbons (Fsp3) is 0.500. The van der Waals surface area contributed by atoms with E-state index in [1.54, 1.807) is 6.92 Å². The number of aromatic nitrogens is 4. The van der Waals surface area contributed by atoms with Crippen LogP contribution >= 0.6 is 0 Å². The fourth-order valence-electron chi connectivity index (χ4n) is 1.93. The van der Waals surface area contributed by atoms with Crippen LogP contribution in [0.1, 0.15) is 50.0 Å². The van der Waals surface area contributed by atoms with Gasteiger partial charge >= 0.3 is 5.69 Å². The predicted molar refractivity (Wildman–Crippen MR) is 81.0 cm³/mol. The van der Waals surface area contributed by atoms with Crippen LogP contribution < -0.4 is 16.6 Å². The highest BCUT2D eigenvalue weighted by molar-refractivity contribution is 5.78. The molecule has 1 atom stereocenters. The van der Waals surface area contributed by atoms with E-state index < -0.39 is 17.3 Å². The molecule has 0 unspecified atom stereocenters. The molecular weight excluding hydrogens is 302 g/mol. The molecule has 2 aromatic heterocycles. The molecule has 124 valence electrons. The van der Waals surface area contributed by atoms with Crippen LogP contribution in [-0.2, 0) is 18.3 Å². The van der Waals surface area contributed by atoms with Gasteiger partial charge in [0, 0.05) is 24.7 Å². The number of H-pyrrole nitrogens is 1. The maximum Gasteiger partial charge on any atom is 0.328 e. The first-order valence-corrected chi connectivity index (χ1v) is 7.20. The number of carbonyl (C=O) groups is 1. The fourth-order valence-corrected chi connectivity index (χ4v) is 1.93. The normalized spacial score (nSPS) is 12.4. The Balaban J connectivity index is 2.06. The van der Waals surface area contributed by atoms with Gasteiger partial charge in [0.05, 0.1) is 6.42 Å². The van der Waals surface area contributed by atoms with Crippen molar-refractivity contribution in [2.45, 2.75) is 39.2 Å². The van der Waals surface area contributed by atoms with E-state index in [2.05, 4.69) is 20.4 Å². The SMILES string of the molecule is CC(C)c1noc([C@H](C)NC(=O)Cc2c[nH]c(=O)n(C)c2=O)n1. The molecule has 1 amide bonds. The van der Waals surface area contributed by atoms with E-state index in [0.29, 0.717) is 11.7 Å². The third-order valence-electron chi connectivity index (χ3n) is 3.33. The zero-order valence-electron chi connectivity index (χ0n) is 13.4. The Bertz CT molecular complexity index is 817. The lowest BCUT2D eigenvalue weighted by molar-refractivity contribution is -0.121. The van der Waals surface area contributed by atoms with E-state index in [9.17, 15) is 14.4 Å². The van der Waals surface area contributed by atoms with Gasteiger partial charge in [0.2, 0.25) is 11.8 Å². The molecule has 0 bridgehead atoms. The maximum atomic E-state index is 12.0. The lowest BCUT2D eigenvalue weighted by Crippen LogP contribution is -2.37. The number of carbonyl (C=O) groups excluding carboxylic acids is 1. The topological polar surface area (TPSA) is 123 Å². The van der Waals surface area contributed by atoms with Gasteiger partial charge in [-0.15, -0.1) is 0 Å². The molecule has 0 aliphatic carbocycles. The summed E-state index contributed by atoms with van der Waals surface area (Å²) in [5.41, 5.74) is -0.832. The van der Waals surface area contributed by atoms with Crippen LogP contribution in [0, 0.1) is 0 Å². The molecule has 0 spiro atoms. The van der Waals surface area contributed by atoms with Gasteiger partial charge in [-0.3, -0.25) is 14.2 Å². The summed E-state index contributed by atoms with van der Waals surface area (Å²) in [6.45, 7) is 5.58. The first-order chi connectivity index (χ1) is 10.8. The number of rotatable bonds is 5. The summed E-state index contributed by atoms with van der Waals surface area (Å²) in [5.74, 6) is 0.609. The number of nitrogens with one attached hydrogen (secondary N) is 2. The highest BCUT2D eigenvalue weighted by Gasteiger charge is 2.18. The first-order valence-electron chi connectivity index (χ1n) is 7.20. The monoisotopic (exact) mass is 321 g/mol. The second kappa shape index (κ2) is 6.59. The molecule has 2 aromatic rings. The van der Waals surface area contributed by atoms with Gasteiger partial charge in [-0.2, -0.15) is 4.98 Å². The smallest absolute Gasteiger partial charge is 0.328 e. The molecule has 2 rings (SSSR count). The van der Waals surface area contributed by atoms with Crippen molar-refractivity contribution in [2.75, 3.05) is 0 Å². The van der Waals surface area contributed by atoms with Crippen molar-refractivity contribution < 1.29 is 9.32 Å². The minimum absolute atomic E-state index is 0.125. The summed E-state index contributed by atoms with van der Waals surface area (Å²) in [5, 5.41) is 6.52. The van der Waals surface area contributed by atoms with E-state index >= 15 is 0 Å². The predicted octanol–water partition coefficient (Wildman–Crippen LogP) is -0.0001000. The van der Waals surface area contributed by atoms with Gasteiger partial charge in [0.15, 0.2) is 5.82 Å². The minimum atomic E-state index is -0.528. The van der Waals surface area contributed by atoms with Crippen molar-refractivity contribution in [3.8, 4) is 0 Å². The summed E-state index contributed by atoms with van der Waals surface area (Å²) in [7, 11) is 1.34. The van der Waals surface area contributed by atoms with Crippen LogP contribution in [0.4, 0.5) is 0 Å². The largest absolute Gasteiger partial charge is 0.344 e. The van der Waals surface area contributed by atoms with Crippen LogP contribution in [0.3, 0.4) is 0 Å². The third kappa shape index (κ3) is 3.74. The molecule has 2 heterocycles. The van der Waals surface area contributed by atoms with Crippen molar-refractivity contribution >= 4 is 5.91 Å². The Kier molecular flexibility index (Phi) is 4.77. The first kappa shape index (κ1) is 16.7. The molecule has 0 saturated heterocycles. The average molecular weight is 321 g/mol. The molecule has 9 heteroatoms. The van der Waals surface area contributed by atoms with Crippen molar-refractivity contribution in [2.24, 2.45) is 7.05 Å². The van der Waals surface area contributed by atoms with Crippen LogP contribution in [0.25, 0.3) is 0 Å². The molecule has 0 fully saturated rings. The van der Waals surface area contributed by atoms with Gasteiger partial charge in [-0.1, -0.05) is 19.0 Å². The molecule has 0 radical (unpaired) electrons. The second-order valence-corrected chi connectivity index (χ2v) is 5.59. The minimum Gasteiger partial charge on any atom is -0.344 e. The van der Waals surface area contributed by atoms with Gasteiger partial charge < -0.3 is 14.8 Å². The van der Waals surface area contributed by atoms with Gasteiger partial charge in [-0.05, 0) is 6.92 Å². The lowest BCUT2D eigenvalue weighted by atomic mass is 10.2. The van der Waals surface area contributed by atoms with Crippen molar-refractivity contribution in [1.82, 2.24) is 25.0 Å². The summed E-state index contributed by atoms with van der Waals surface area (Å²) >= 11 is 0. The third-order valence-corrected chi connectivity index (χ3v) is 3.33. The summed E-state index contributed by atoms with van der Waals surface area (Å²) in [4.78, 5) is 41.8. The Morgan fingerprint density at radius 2 is 2.09 bits per heavy atom. The zero-order chi connectivity index (χ0) is 17.1. The van der Waals surface area contributed by atoms with E-state index in [0.717, 1.165) is 4.57 Å². The molecule has 23 heavy (non-hydrogen) atoms. The Labute approximate surface area is 131 Å². The molecule has 0 aromatic carbocycles. The van der Waals surface area contributed by atoms with Crippen LogP contribution in [0.15, 0.2) is 20.3 Å². The van der Waals surface area contributed by atoms with Crippen molar-refractivity contribution in [1.29, 1.82) is 0 Å². The maximum absolute atomic E-state index is 12.0. The second-order valence-electron chi connectivity index (χ2n) is 5.59. The van der Waals surface area contributed by atoms with Gasteiger partial charge in [-0.25, -0.2) is 4.79 Å². The van der Waals surface area contributed by atoms with E-state index in [4.69, 9.17) is 4.52 Å². The summed E-state index contributed by atoms with van der Waals surface area (Å²) in [6, 6.07) is -0.478. The summed E-state index contributed by atoms with van der Waals surface area (Å²) in [6.07, 6.45) is 1.09. The van der Waals surface area contributed by atoms with Crippen LogP contribution in [-0.4, -0.2) is 25.6 Å². The number of hydrogen-bond acceptors (Lipinski definition) is 6. The number of aromatic amines is 1. The molecule has 0 aliphatic heterocycles. The number of amides is 1. The van der Waals surface area contributed by atoms with E-state index in [-0.39, 0.29) is 23.8 Å².